The molecule has 0 radical (unpaired) electrons. The first-order chi connectivity index (χ1) is 23.0. The lowest BCUT2D eigenvalue weighted by Gasteiger charge is -2.22. The molecule has 0 aliphatic rings. The Morgan fingerprint density at radius 3 is 2.38 bits per heavy atom. The number of rotatable bonds is 8. The van der Waals surface area contributed by atoms with Gasteiger partial charge >= 0.3 is 5.97 Å². The quantitative estimate of drug-likeness (QED) is 0.148. The van der Waals surface area contributed by atoms with E-state index in [1.807, 2.05) is 19.1 Å². The summed E-state index contributed by atoms with van der Waals surface area (Å²) in [5.41, 5.74) is 4.83. The van der Waals surface area contributed by atoms with Gasteiger partial charge in [0.05, 0.1) is 23.2 Å². The molecular weight excluding hydrogens is 669 g/mol. The van der Waals surface area contributed by atoms with Gasteiger partial charge in [-0.15, -0.1) is 11.3 Å². The number of thiophene rings is 1. The van der Waals surface area contributed by atoms with E-state index in [4.69, 9.17) is 16.3 Å². The third-order valence-electron chi connectivity index (χ3n) is 8.18. The zero-order valence-electron chi connectivity index (χ0n) is 26.4. The van der Waals surface area contributed by atoms with Gasteiger partial charge in [-0.05, 0) is 86.1 Å². The molecule has 0 spiro atoms. The van der Waals surface area contributed by atoms with Crippen molar-refractivity contribution in [2.24, 2.45) is 0 Å². The Morgan fingerprint density at radius 1 is 0.979 bits per heavy atom. The molecular formula is C37H29ClFN3O4S2. The summed E-state index contributed by atoms with van der Waals surface area (Å²) in [5, 5.41) is 12.5. The topological polar surface area (TPSA) is 92.4 Å². The largest absolute Gasteiger partial charge is 0.468 e. The number of nitrogens with zero attached hydrogens (tertiary/aromatic N) is 3. The molecule has 6 rings (SSSR count). The molecule has 0 fully saturated rings. The maximum atomic E-state index is 14.9. The highest BCUT2D eigenvalue weighted by molar-refractivity contribution is 7.90. The van der Waals surface area contributed by atoms with Crippen molar-refractivity contribution in [3.8, 4) is 39.6 Å². The van der Waals surface area contributed by atoms with Crippen LogP contribution in [0.4, 0.5) is 4.39 Å². The summed E-state index contributed by atoms with van der Waals surface area (Å²) < 4.78 is 50.3. The van der Waals surface area contributed by atoms with E-state index >= 15 is 0 Å². The number of fused-ring (bicyclic) bond motifs is 1. The minimum Gasteiger partial charge on any atom is -0.468 e. The van der Waals surface area contributed by atoms with Crippen molar-refractivity contribution in [3.63, 3.8) is 0 Å². The fourth-order valence-electron chi connectivity index (χ4n) is 5.95. The summed E-state index contributed by atoms with van der Waals surface area (Å²) in [6.45, 7) is 1.87. The predicted octanol–water partition coefficient (Wildman–Crippen LogP) is 8.69. The van der Waals surface area contributed by atoms with E-state index in [0.29, 0.717) is 48.7 Å². The molecule has 0 bridgehead atoms. The Labute approximate surface area is 287 Å². The maximum absolute atomic E-state index is 14.9. The summed E-state index contributed by atoms with van der Waals surface area (Å²) in [5.74, 6) is -0.972. The average Bonchev–Trinajstić information content (AvgIpc) is 3.67. The van der Waals surface area contributed by atoms with Crippen LogP contribution >= 0.6 is 22.9 Å². The predicted molar refractivity (Wildman–Crippen MR) is 188 cm³/mol. The van der Waals surface area contributed by atoms with Crippen molar-refractivity contribution < 1.29 is 22.3 Å². The van der Waals surface area contributed by atoms with Crippen LogP contribution in [0.15, 0.2) is 101 Å². The van der Waals surface area contributed by atoms with Crippen molar-refractivity contribution in [2.45, 2.75) is 17.9 Å². The van der Waals surface area contributed by atoms with Gasteiger partial charge in [0.2, 0.25) is 0 Å². The van der Waals surface area contributed by atoms with Gasteiger partial charge in [-0.1, -0.05) is 59.6 Å². The van der Waals surface area contributed by atoms with Gasteiger partial charge in [0.1, 0.15) is 22.8 Å². The van der Waals surface area contributed by atoms with Gasteiger partial charge in [0.15, 0.2) is 0 Å². The third kappa shape index (κ3) is 5.80. The molecule has 0 amide bonds. The van der Waals surface area contributed by atoms with Crippen molar-refractivity contribution in [1.29, 1.82) is 5.26 Å². The zero-order valence-corrected chi connectivity index (χ0v) is 28.8. The number of benzene rings is 4. The highest BCUT2D eigenvalue weighted by Gasteiger charge is 2.31. The third-order valence-corrected chi connectivity index (χ3v) is 11.0. The van der Waals surface area contributed by atoms with E-state index in [9.17, 15) is 22.9 Å². The van der Waals surface area contributed by atoms with Gasteiger partial charge < -0.3 is 4.74 Å². The Morgan fingerprint density at radius 2 is 1.71 bits per heavy atom. The molecule has 0 N–H and O–H groups in total. The molecule has 1 unspecified atom stereocenters. The number of aromatic nitrogens is 1. The van der Waals surface area contributed by atoms with E-state index in [1.165, 1.54) is 40.6 Å². The number of esters is 1. The van der Waals surface area contributed by atoms with Crippen LogP contribution in [0.2, 0.25) is 5.02 Å². The van der Waals surface area contributed by atoms with E-state index in [0.717, 1.165) is 5.56 Å². The number of methoxy groups -OCH3 is 1. The normalized spacial score (nSPS) is 12.3. The van der Waals surface area contributed by atoms with Crippen molar-refractivity contribution in [2.75, 3.05) is 21.2 Å². The van der Waals surface area contributed by atoms with Crippen LogP contribution in [0.3, 0.4) is 0 Å². The molecule has 4 aromatic carbocycles. The molecule has 1 atom stereocenters. The lowest BCUT2D eigenvalue weighted by atomic mass is 9.95. The highest BCUT2D eigenvalue weighted by atomic mass is 35.5. The van der Waals surface area contributed by atoms with Crippen molar-refractivity contribution in [1.82, 2.24) is 8.87 Å². The lowest BCUT2D eigenvalue weighted by Crippen LogP contribution is -2.28. The first-order valence-corrected chi connectivity index (χ1v) is 17.4. The Hall–Kier alpha value is -4.79. The zero-order chi connectivity index (χ0) is 34.3. The number of nitriles is 1. The summed E-state index contributed by atoms with van der Waals surface area (Å²) in [7, 11) is 0.625. The van der Waals surface area contributed by atoms with Crippen LogP contribution in [0, 0.1) is 24.1 Å². The SMILES string of the molecule is COC(=O)C(c1ccc(-c2cccc(-c3c(-c4ccsc4C#N)c4cc(F)ccc4n3S(=O)(=O)c3ccc(C)cc3)c2)c(Cl)c1)N(C)C. The molecule has 0 saturated heterocycles. The standard InChI is InChI=1S/C37H29ClFN3O4S2/c1-22-8-12-27(13-9-22)48(44,45)42-32-15-11-26(39)20-30(32)34(29-16-17-47-33(29)21-40)35(42)24-7-5-6-23(18-24)28-14-10-25(19-31(28)38)36(41(2)3)37(43)46-4/h5-20,36H,1-4H3. The van der Waals surface area contributed by atoms with E-state index in [-0.39, 0.29) is 16.1 Å². The van der Waals surface area contributed by atoms with Gasteiger partial charge in [-0.25, -0.2) is 21.6 Å². The lowest BCUT2D eigenvalue weighted by molar-refractivity contribution is -0.146. The first-order valence-electron chi connectivity index (χ1n) is 14.7. The summed E-state index contributed by atoms with van der Waals surface area (Å²) in [6.07, 6.45) is 0. The average molecular weight is 698 g/mol. The Kier molecular flexibility index (Phi) is 8.98. The van der Waals surface area contributed by atoms with Gasteiger partial charge in [-0.3, -0.25) is 4.90 Å². The minimum absolute atomic E-state index is 0.0591. The smallest absolute Gasteiger partial charge is 0.327 e. The second kappa shape index (κ2) is 13.0. The van der Waals surface area contributed by atoms with Crippen LogP contribution in [0.25, 0.3) is 44.4 Å². The van der Waals surface area contributed by atoms with Crippen LogP contribution in [-0.2, 0) is 19.6 Å². The molecule has 48 heavy (non-hydrogen) atoms. The van der Waals surface area contributed by atoms with Crippen LogP contribution < -0.4 is 0 Å². The van der Waals surface area contributed by atoms with E-state index < -0.39 is 27.9 Å². The van der Waals surface area contributed by atoms with Gasteiger partial charge in [-0.2, -0.15) is 5.26 Å². The summed E-state index contributed by atoms with van der Waals surface area (Å²) in [4.78, 5) is 14.7. The van der Waals surface area contributed by atoms with Crippen LogP contribution in [-0.4, -0.2) is 44.5 Å². The van der Waals surface area contributed by atoms with Crippen LogP contribution in [0.1, 0.15) is 22.0 Å². The monoisotopic (exact) mass is 697 g/mol. The van der Waals surface area contributed by atoms with E-state index in [1.54, 1.807) is 85.0 Å². The highest BCUT2D eigenvalue weighted by Crippen LogP contribution is 2.46. The molecule has 242 valence electrons. The molecule has 11 heteroatoms. The number of carbonyl (C=O) groups excluding carboxylic acids is 1. The second-order valence-electron chi connectivity index (χ2n) is 11.5. The second-order valence-corrected chi connectivity index (χ2v) is 14.6. The number of ether oxygens (including phenoxy) is 1. The number of aryl methyl sites for hydroxylation is 1. The number of hydrogen-bond acceptors (Lipinski definition) is 7. The molecule has 2 aromatic heterocycles. The van der Waals surface area contributed by atoms with Crippen LogP contribution in [0.5, 0.6) is 0 Å². The van der Waals surface area contributed by atoms with Gasteiger partial charge in [0, 0.05) is 32.7 Å². The summed E-state index contributed by atoms with van der Waals surface area (Å²) >= 11 is 8.06. The Bertz CT molecular complexity index is 2360. The molecule has 0 aliphatic heterocycles. The molecule has 6 aromatic rings. The maximum Gasteiger partial charge on any atom is 0.327 e. The molecule has 0 aliphatic carbocycles. The number of halogens is 2. The Balaban J connectivity index is 1.64. The molecule has 7 nitrogen and oxygen atoms in total. The fraction of sp³-hybridized carbons (Fsp3) is 0.135. The minimum atomic E-state index is -4.24. The van der Waals surface area contributed by atoms with Crippen molar-refractivity contribution >= 4 is 49.8 Å². The van der Waals surface area contributed by atoms with Crippen molar-refractivity contribution in [3.05, 3.63) is 123 Å². The number of carbonyl (C=O) groups is 1. The number of hydrogen-bond donors (Lipinski definition) is 0. The van der Waals surface area contributed by atoms with E-state index in [2.05, 4.69) is 6.07 Å². The van der Waals surface area contributed by atoms with Gasteiger partial charge in [0.25, 0.3) is 10.0 Å². The molecule has 2 heterocycles. The number of likely N-dealkylation sites (N-methyl/N-ethyl adjacent to an activating group) is 1. The first kappa shape index (κ1) is 33.1. The molecule has 0 saturated carbocycles. The fourth-order valence-corrected chi connectivity index (χ4v) is 8.49. The summed E-state index contributed by atoms with van der Waals surface area (Å²) in [6, 6.07) is 26.3.